The van der Waals surface area contributed by atoms with Gasteiger partial charge >= 0.3 is 12.1 Å². The van der Waals surface area contributed by atoms with Gasteiger partial charge in [-0.25, -0.2) is 9.59 Å². The van der Waals surface area contributed by atoms with E-state index >= 15 is 0 Å². The summed E-state index contributed by atoms with van der Waals surface area (Å²) in [5, 5.41) is 23.7. The van der Waals surface area contributed by atoms with Crippen molar-refractivity contribution in [3.05, 3.63) is 65.2 Å². The molecule has 0 spiro atoms. The number of amides is 2. The number of carbonyl (C=O) groups is 3. The van der Waals surface area contributed by atoms with Gasteiger partial charge in [-0.15, -0.1) is 0 Å². The van der Waals surface area contributed by atoms with Gasteiger partial charge in [0.2, 0.25) is 5.91 Å². The van der Waals surface area contributed by atoms with Crippen LogP contribution in [0.15, 0.2) is 48.5 Å². The standard InChI is InChI=1S/C27H33N3O6/c1-27(2,3)36-26(34)30-22(25(33)29-14-8-7-11-19-9-5-4-6-10-19)16-20-12-13-23(21(15-20)17-28)35-18-24(31)32/h4-6,9-10,12-13,15,22H,7-8,11,14,16,18H2,1-3H3,(H,29,33)(H,30,34)(H,31,32)/t22-/m0/s1. The molecule has 0 radical (unpaired) electrons. The summed E-state index contributed by atoms with van der Waals surface area (Å²) in [5.41, 5.74) is 1.22. The summed E-state index contributed by atoms with van der Waals surface area (Å²) in [6.45, 7) is 5.05. The largest absolute Gasteiger partial charge is 0.481 e. The molecule has 0 aliphatic heterocycles. The molecule has 1 atom stereocenters. The van der Waals surface area contributed by atoms with Crippen molar-refractivity contribution < 1.29 is 29.0 Å². The van der Waals surface area contributed by atoms with Crippen LogP contribution in [0.2, 0.25) is 0 Å². The lowest BCUT2D eigenvalue weighted by molar-refractivity contribution is -0.139. The molecule has 0 bridgehead atoms. The van der Waals surface area contributed by atoms with Crippen LogP contribution in [0.25, 0.3) is 0 Å². The minimum Gasteiger partial charge on any atom is -0.481 e. The number of nitriles is 1. The zero-order chi connectivity index (χ0) is 26.6. The van der Waals surface area contributed by atoms with Crippen LogP contribution in [0.1, 0.15) is 50.3 Å². The Morgan fingerprint density at radius 1 is 1.06 bits per heavy atom. The first-order chi connectivity index (χ1) is 17.1. The Morgan fingerprint density at radius 2 is 1.78 bits per heavy atom. The summed E-state index contributed by atoms with van der Waals surface area (Å²) in [5.74, 6) is -1.40. The lowest BCUT2D eigenvalue weighted by Crippen LogP contribution is -2.49. The van der Waals surface area contributed by atoms with Gasteiger partial charge < -0.3 is 25.2 Å². The van der Waals surface area contributed by atoms with Crippen LogP contribution in [0.3, 0.4) is 0 Å². The Morgan fingerprint density at radius 3 is 2.42 bits per heavy atom. The summed E-state index contributed by atoms with van der Waals surface area (Å²) >= 11 is 0. The summed E-state index contributed by atoms with van der Waals surface area (Å²) in [6, 6.07) is 15.7. The van der Waals surface area contributed by atoms with Crippen molar-refractivity contribution in [1.29, 1.82) is 5.26 Å². The predicted molar refractivity (Wildman–Crippen MR) is 134 cm³/mol. The molecular formula is C27H33N3O6. The molecule has 0 aliphatic carbocycles. The molecule has 0 unspecified atom stereocenters. The molecule has 2 rings (SSSR count). The number of carboxylic acids is 1. The van der Waals surface area contributed by atoms with Gasteiger partial charge in [-0.2, -0.15) is 5.26 Å². The number of aliphatic carboxylic acids is 1. The molecule has 0 aromatic heterocycles. The molecule has 9 nitrogen and oxygen atoms in total. The normalized spacial score (nSPS) is 11.6. The van der Waals surface area contributed by atoms with E-state index in [1.165, 1.54) is 17.7 Å². The third kappa shape index (κ3) is 10.5. The molecule has 2 aromatic carbocycles. The topological polar surface area (TPSA) is 138 Å². The fraction of sp³-hybridized carbons (Fsp3) is 0.407. The van der Waals surface area contributed by atoms with Crippen molar-refractivity contribution >= 4 is 18.0 Å². The maximum absolute atomic E-state index is 12.9. The third-order valence-corrected chi connectivity index (χ3v) is 5.00. The number of nitrogens with zero attached hydrogens (tertiary/aromatic N) is 1. The highest BCUT2D eigenvalue weighted by molar-refractivity contribution is 5.86. The van der Waals surface area contributed by atoms with Crippen molar-refractivity contribution in [3.63, 3.8) is 0 Å². The molecule has 2 aromatic rings. The van der Waals surface area contributed by atoms with Crippen molar-refractivity contribution in [2.24, 2.45) is 0 Å². The fourth-order valence-electron chi connectivity index (χ4n) is 3.39. The number of ether oxygens (including phenoxy) is 2. The molecule has 2 amide bonds. The molecular weight excluding hydrogens is 462 g/mol. The minimum absolute atomic E-state index is 0.100. The molecule has 0 saturated heterocycles. The number of hydrogen-bond acceptors (Lipinski definition) is 6. The summed E-state index contributed by atoms with van der Waals surface area (Å²) in [6.07, 6.45) is 1.95. The summed E-state index contributed by atoms with van der Waals surface area (Å²) in [7, 11) is 0. The summed E-state index contributed by atoms with van der Waals surface area (Å²) < 4.78 is 10.4. The molecule has 36 heavy (non-hydrogen) atoms. The average Bonchev–Trinajstić information content (AvgIpc) is 2.81. The molecule has 3 N–H and O–H groups in total. The molecule has 0 heterocycles. The predicted octanol–water partition coefficient (Wildman–Crippen LogP) is 3.60. The first-order valence-electron chi connectivity index (χ1n) is 11.8. The number of rotatable bonds is 12. The van der Waals surface area contributed by atoms with Gasteiger partial charge in [0.25, 0.3) is 0 Å². The molecule has 0 aliphatic rings. The van der Waals surface area contributed by atoms with Crippen LogP contribution in [0.4, 0.5) is 4.79 Å². The molecule has 0 fully saturated rings. The van der Waals surface area contributed by atoms with E-state index in [0.29, 0.717) is 12.1 Å². The van der Waals surface area contributed by atoms with Gasteiger partial charge in [0.15, 0.2) is 6.61 Å². The lowest BCUT2D eigenvalue weighted by Gasteiger charge is -2.23. The number of alkyl carbamates (subject to hydrolysis) is 1. The van der Waals surface area contributed by atoms with Gasteiger partial charge in [0.1, 0.15) is 23.5 Å². The Bertz CT molecular complexity index is 1070. The first-order valence-corrected chi connectivity index (χ1v) is 11.8. The first kappa shape index (κ1) is 28.2. The maximum atomic E-state index is 12.9. The SMILES string of the molecule is CC(C)(C)OC(=O)N[C@@H](Cc1ccc(OCC(=O)O)c(C#N)c1)C(=O)NCCCCc1ccccc1. The second-order valence-electron chi connectivity index (χ2n) is 9.26. The minimum atomic E-state index is -1.16. The second kappa shape index (κ2) is 13.7. The molecule has 0 saturated carbocycles. The van der Waals surface area contributed by atoms with E-state index in [-0.39, 0.29) is 23.6 Å². The number of nitrogens with one attached hydrogen (secondary N) is 2. The van der Waals surface area contributed by atoms with E-state index in [0.717, 1.165) is 19.3 Å². The number of carboxylic acid groups (broad SMARTS) is 1. The smallest absolute Gasteiger partial charge is 0.408 e. The Kier molecular flexibility index (Phi) is 10.7. The Hall–Kier alpha value is -4.06. The van der Waals surface area contributed by atoms with E-state index in [4.69, 9.17) is 14.6 Å². The van der Waals surface area contributed by atoms with E-state index in [9.17, 15) is 19.6 Å². The Balaban J connectivity index is 2.03. The van der Waals surface area contributed by atoms with E-state index < -0.39 is 30.3 Å². The third-order valence-electron chi connectivity index (χ3n) is 5.00. The van der Waals surface area contributed by atoms with E-state index in [1.807, 2.05) is 24.3 Å². The fourth-order valence-corrected chi connectivity index (χ4v) is 3.39. The highest BCUT2D eigenvalue weighted by Crippen LogP contribution is 2.20. The lowest BCUT2D eigenvalue weighted by atomic mass is 10.0. The van der Waals surface area contributed by atoms with Crippen molar-refractivity contribution in [2.45, 2.75) is 58.1 Å². The maximum Gasteiger partial charge on any atom is 0.408 e. The quantitative estimate of drug-likeness (QED) is 0.383. The van der Waals surface area contributed by atoms with Crippen molar-refractivity contribution in [3.8, 4) is 11.8 Å². The van der Waals surface area contributed by atoms with Crippen LogP contribution < -0.4 is 15.4 Å². The number of carbonyl (C=O) groups excluding carboxylic acids is 2. The van der Waals surface area contributed by atoms with Gasteiger partial charge in [-0.3, -0.25) is 4.79 Å². The van der Waals surface area contributed by atoms with E-state index in [1.54, 1.807) is 26.8 Å². The van der Waals surface area contributed by atoms with E-state index in [2.05, 4.69) is 22.8 Å². The van der Waals surface area contributed by atoms with Gasteiger partial charge in [-0.05, 0) is 63.3 Å². The van der Waals surface area contributed by atoms with Crippen LogP contribution in [-0.4, -0.2) is 47.9 Å². The number of aryl methyl sites for hydroxylation is 1. The monoisotopic (exact) mass is 495 g/mol. The van der Waals surface area contributed by atoms with Gasteiger partial charge in [-0.1, -0.05) is 36.4 Å². The molecule has 9 heteroatoms. The summed E-state index contributed by atoms with van der Waals surface area (Å²) in [4.78, 5) is 36.1. The highest BCUT2D eigenvalue weighted by Gasteiger charge is 2.25. The number of benzene rings is 2. The number of hydrogen-bond donors (Lipinski definition) is 3. The van der Waals surface area contributed by atoms with Crippen LogP contribution in [0.5, 0.6) is 5.75 Å². The highest BCUT2D eigenvalue weighted by atomic mass is 16.6. The Labute approximate surface area is 211 Å². The number of unbranched alkanes of at least 4 members (excludes halogenated alkanes) is 1. The van der Waals surface area contributed by atoms with Crippen LogP contribution in [-0.2, 0) is 27.2 Å². The average molecular weight is 496 g/mol. The molecule has 192 valence electrons. The van der Waals surface area contributed by atoms with Gasteiger partial charge in [0, 0.05) is 13.0 Å². The second-order valence-corrected chi connectivity index (χ2v) is 9.26. The zero-order valence-corrected chi connectivity index (χ0v) is 20.9. The van der Waals surface area contributed by atoms with Crippen LogP contribution in [0, 0.1) is 11.3 Å². The van der Waals surface area contributed by atoms with Crippen LogP contribution >= 0.6 is 0 Å². The zero-order valence-electron chi connectivity index (χ0n) is 20.9. The van der Waals surface area contributed by atoms with Crippen molar-refractivity contribution in [1.82, 2.24) is 10.6 Å². The van der Waals surface area contributed by atoms with Crippen molar-refractivity contribution in [2.75, 3.05) is 13.2 Å². The van der Waals surface area contributed by atoms with Gasteiger partial charge in [0.05, 0.1) is 5.56 Å².